The number of carbonyl (C=O) groups is 2. The first-order chi connectivity index (χ1) is 16.4. The zero-order valence-electron chi connectivity index (χ0n) is 18.6. The molecule has 0 saturated carbocycles. The van der Waals surface area contributed by atoms with Crippen LogP contribution in [0.3, 0.4) is 0 Å². The number of fused-ring (bicyclic) bond motifs is 1. The molecule has 1 aromatic carbocycles. The van der Waals surface area contributed by atoms with Crippen molar-refractivity contribution in [3.63, 3.8) is 0 Å². The predicted molar refractivity (Wildman–Crippen MR) is 126 cm³/mol. The van der Waals surface area contributed by atoms with Crippen molar-refractivity contribution in [2.24, 2.45) is 0 Å². The third-order valence-corrected chi connectivity index (χ3v) is 7.28. The number of benzene rings is 1. The lowest BCUT2D eigenvalue weighted by Gasteiger charge is -2.27. The van der Waals surface area contributed by atoms with Crippen molar-refractivity contribution in [3.8, 4) is 0 Å². The van der Waals surface area contributed by atoms with Gasteiger partial charge in [-0.15, -0.1) is 16.9 Å². The number of carbonyl (C=O) groups excluding carboxylic acids is 1. The van der Waals surface area contributed by atoms with Gasteiger partial charge in [-0.1, -0.05) is 0 Å². The quantitative estimate of drug-likeness (QED) is 0.535. The molecule has 5 rings (SSSR count). The molecule has 2 fully saturated rings. The van der Waals surface area contributed by atoms with Gasteiger partial charge >= 0.3 is 6.09 Å². The maximum absolute atomic E-state index is 14.1. The number of carboxylic acid groups (broad SMARTS) is 1. The van der Waals surface area contributed by atoms with Crippen LogP contribution < -0.4 is 10.2 Å². The first kappa shape index (κ1) is 22.5. The topological polar surface area (TPSA) is 103 Å². The minimum absolute atomic E-state index is 0.00983. The van der Waals surface area contributed by atoms with Crippen LogP contribution in [0.25, 0.3) is 5.65 Å². The number of thioether (sulfide) groups is 1. The molecule has 0 aliphatic carbocycles. The van der Waals surface area contributed by atoms with Gasteiger partial charge in [-0.05, 0) is 61.4 Å². The second-order valence-electron chi connectivity index (χ2n) is 8.53. The number of nitrogens with one attached hydrogen (secondary N) is 1. The van der Waals surface area contributed by atoms with Gasteiger partial charge in [0.25, 0.3) is 5.91 Å². The van der Waals surface area contributed by atoms with E-state index in [1.807, 2.05) is 24.5 Å². The first-order valence-corrected chi connectivity index (χ1v) is 12.4. The van der Waals surface area contributed by atoms with Crippen LogP contribution in [0.15, 0.2) is 41.4 Å². The van der Waals surface area contributed by atoms with Crippen molar-refractivity contribution in [2.75, 3.05) is 30.8 Å². The van der Waals surface area contributed by atoms with Gasteiger partial charge in [-0.25, -0.2) is 18.7 Å². The number of imidazole rings is 1. The molecule has 4 heterocycles. The van der Waals surface area contributed by atoms with Gasteiger partial charge in [0.05, 0.1) is 12.2 Å². The average Bonchev–Trinajstić information content (AvgIpc) is 3.57. The summed E-state index contributed by atoms with van der Waals surface area (Å²) in [4.78, 5) is 32.9. The van der Waals surface area contributed by atoms with Crippen LogP contribution in [0, 0.1) is 5.82 Å². The number of rotatable bonds is 5. The Morgan fingerprint density at radius 3 is 2.82 bits per heavy atom. The Balaban J connectivity index is 1.41. The van der Waals surface area contributed by atoms with Crippen LogP contribution in [0.1, 0.15) is 41.4 Å². The van der Waals surface area contributed by atoms with E-state index in [1.54, 1.807) is 17.8 Å². The Morgan fingerprint density at radius 1 is 1.21 bits per heavy atom. The summed E-state index contributed by atoms with van der Waals surface area (Å²) >= 11 is 1.59. The molecule has 3 aromatic rings. The summed E-state index contributed by atoms with van der Waals surface area (Å²) in [5.74, 6) is 0.0865. The number of likely N-dealkylation sites (tertiary alicyclic amines) is 1. The molecule has 2 amide bonds. The maximum atomic E-state index is 14.1. The molecule has 2 aliphatic rings. The van der Waals surface area contributed by atoms with Crippen LogP contribution in [-0.2, 0) is 0 Å². The van der Waals surface area contributed by atoms with E-state index in [-0.39, 0.29) is 36.0 Å². The Morgan fingerprint density at radius 2 is 2.06 bits per heavy atom. The zero-order valence-corrected chi connectivity index (χ0v) is 19.5. The normalized spacial score (nSPS) is 20.3. The van der Waals surface area contributed by atoms with E-state index in [9.17, 15) is 14.0 Å². The van der Waals surface area contributed by atoms with E-state index < -0.39 is 6.09 Å². The average molecular weight is 485 g/mol. The van der Waals surface area contributed by atoms with Crippen molar-refractivity contribution in [1.82, 2.24) is 24.8 Å². The van der Waals surface area contributed by atoms with Gasteiger partial charge in [0.2, 0.25) is 0 Å². The highest BCUT2D eigenvalue weighted by Crippen LogP contribution is 2.39. The van der Waals surface area contributed by atoms with E-state index in [2.05, 4.69) is 15.2 Å². The number of amides is 2. The van der Waals surface area contributed by atoms with E-state index in [0.29, 0.717) is 24.4 Å². The van der Waals surface area contributed by atoms with E-state index in [0.717, 1.165) is 29.8 Å². The number of hydrogen-bond acceptors (Lipinski definition) is 6. The zero-order chi connectivity index (χ0) is 23.8. The van der Waals surface area contributed by atoms with Gasteiger partial charge in [0, 0.05) is 30.6 Å². The minimum atomic E-state index is -0.985. The van der Waals surface area contributed by atoms with Gasteiger partial charge in [0.1, 0.15) is 11.6 Å². The van der Waals surface area contributed by atoms with Gasteiger partial charge < -0.3 is 20.2 Å². The predicted octanol–water partition coefficient (Wildman–Crippen LogP) is 3.41. The second-order valence-corrected chi connectivity index (χ2v) is 9.38. The van der Waals surface area contributed by atoms with E-state index in [4.69, 9.17) is 10.2 Å². The lowest BCUT2D eigenvalue weighted by molar-refractivity contribution is 0.0928. The lowest BCUT2D eigenvalue weighted by Crippen LogP contribution is -2.38. The molecule has 178 valence electrons. The highest BCUT2D eigenvalue weighted by molar-refractivity contribution is 7.98. The number of halogens is 1. The fourth-order valence-electron chi connectivity index (χ4n) is 4.81. The fraction of sp³-hybridized carbons (Fsp3) is 0.391. The molecule has 0 spiro atoms. The first-order valence-electron chi connectivity index (χ1n) is 11.2. The summed E-state index contributed by atoms with van der Waals surface area (Å²) in [5, 5.41) is 16.8. The number of nitrogens with zero attached hydrogens (tertiary/aromatic N) is 5. The summed E-state index contributed by atoms with van der Waals surface area (Å²) in [5.41, 5.74) is 1.77. The molecule has 2 atom stereocenters. The molecular formula is C23H25FN6O3S. The summed E-state index contributed by atoms with van der Waals surface area (Å²) in [7, 11) is 0. The number of anilines is 1. The van der Waals surface area contributed by atoms with E-state index >= 15 is 0 Å². The van der Waals surface area contributed by atoms with Crippen LogP contribution in [0.5, 0.6) is 0 Å². The Labute approximate surface area is 199 Å². The molecule has 2 aliphatic heterocycles. The molecule has 34 heavy (non-hydrogen) atoms. The molecule has 11 heteroatoms. The van der Waals surface area contributed by atoms with Crippen LogP contribution in [-0.4, -0.2) is 68.5 Å². The maximum Gasteiger partial charge on any atom is 0.407 e. The Kier molecular flexibility index (Phi) is 6.03. The van der Waals surface area contributed by atoms with Crippen LogP contribution >= 0.6 is 11.8 Å². The largest absolute Gasteiger partial charge is 0.465 e. The van der Waals surface area contributed by atoms with Crippen molar-refractivity contribution in [1.29, 1.82) is 0 Å². The summed E-state index contributed by atoms with van der Waals surface area (Å²) in [6.07, 6.45) is 4.88. The van der Waals surface area contributed by atoms with Gasteiger partial charge in [-0.3, -0.25) is 4.79 Å². The van der Waals surface area contributed by atoms with Crippen molar-refractivity contribution >= 4 is 35.2 Å². The lowest BCUT2D eigenvalue weighted by atomic mass is 10.0. The fourth-order valence-corrected chi connectivity index (χ4v) is 5.45. The SMILES string of the molecule is CSc1ccc(F)cc1[C@H]1CCCN1c1ccc2ncc(C(=O)N[C@H]3CCN(C(=O)O)C3)n2n1. The molecule has 2 aromatic heterocycles. The summed E-state index contributed by atoms with van der Waals surface area (Å²) in [6.45, 7) is 1.43. The monoisotopic (exact) mass is 484 g/mol. The molecule has 0 radical (unpaired) electrons. The molecule has 9 nitrogen and oxygen atoms in total. The summed E-state index contributed by atoms with van der Waals surface area (Å²) in [6, 6.07) is 8.33. The minimum Gasteiger partial charge on any atom is -0.465 e. The molecule has 2 N–H and O–H groups in total. The molecule has 2 saturated heterocycles. The van der Waals surface area contributed by atoms with Crippen molar-refractivity contribution < 1.29 is 19.1 Å². The smallest absolute Gasteiger partial charge is 0.407 e. The van der Waals surface area contributed by atoms with Crippen molar-refractivity contribution in [3.05, 3.63) is 53.6 Å². The Bertz CT molecular complexity index is 1250. The molecule has 0 bridgehead atoms. The second kappa shape index (κ2) is 9.13. The highest BCUT2D eigenvalue weighted by Gasteiger charge is 2.31. The third kappa shape index (κ3) is 4.15. The number of hydrogen-bond donors (Lipinski definition) is 2. The number of aromatic nitrogens is 3. The summed E-state index contributed by atoms with van der Waals surface area (Å²) < 4.78 is 15.6. The van der Waals surface area contributed by atoms with Crippen LogP contribution in [0.4, 0.5) is 15.0 Å². The van der Waals surface area contributed by atoms with Crippen molar-refractivity contribution in [2.45, 2.75) is 36.2 Å². The van der Waals surface area contributed by atoms with Gasteiger partial charge in [-0.2, -0.15) is 0 Å². The Hall–Kier alpha value is -3.34. The van der Waals surface area contributed by atoms with Gasteiger partial charge in [0.15, 0.2) is 11.3 Å². The standard InChI is InChI=1S/C23H25FN6O3S/c1-34-19-5-4-14(24)11-16(19)17-3-2-9-29(17)21-7-6-20-25-12-18(30(20)27-21)22(31)26-15-8-10-28(13-15)23(32)33/h4-7,11-12,15,17H,2-3,8-10,13H2,1H3,(H,26,31)(H,32,33)/t15-,17+/m0/s1. The molecular weight excluding hydrogens is 459 g/mol. The third-order valence-electron chi connectivity index (χ3n) is 6.47. The van der Waals surface area contributed by atoms with Crippen LogP contribution in [0.2, 0.25) is 0 Å². The molecule has 0 unspecified atom stereocenters. The van der Waals surface area contributed by atoms with E-state index in [1.165, 1.54) is 21.7 Å². The highest BCUT2D eigenvalue weighted by atomic mass is 32.2.